The number of allylic oxidation sites excluding steroid dienone is 1. The Balaban J connectivity index is 1.29. The van der Waals surface area contributed by atoms with Crippen molar-refractivity contribution in [2.24, 2.45) is 5.41 Å². The van der Waals surface area contributed by atoms with Gasteiger partial charge < -0.3 is 15.0 Å². The zero-order valence-electron chi connectivity index (χ0n) is 28.8. The molecule has 0 spiro atoms. The number of carbonyl (C=O) groups is 4. The molecule has 12 nitrogen and oxygen atoms in total. The number of carbonyl (C=O) groups excluding carboxylic acids is 4. The molecule has 0 unspecified atom stereocenters. The maximum atomic E-state index is 14.4. The van der Waals surface area contributed by atoms with Crippen molar-refractivity contribution in [3.8, 4) is 11.1 Å². The lowest BCUT2D eigenvalue weighted by molar-refractivity contribution is -0.141. The first kappa shape index (κ1) is 35.1. The number of nitrogens with zero attached hydrogens (tertiary/aromatic N) is 6. The van der Waals surface area contributed by atoms with E-state index in [2.05, 4.69) is 25.4 Å². The number of Topliss-reactive ketones (excluding diaryl/α,β-unsaturated/α-hetero) is 2. The van der Waals surface area contributed by atoms with Gasteiger partial charge in [-0.05, 0) is 62.4 Å². The second kappa shape index (κ2) is 13.3. The standard InChI is InChI=1S/C37H36F3N7O5/c1-20-8-9-30(37(38,39)40)43-26(20)13-29(49)28-14-36-15-31(36)47(28)33(51)18-46-35-25(34(45-46)21(2)48)11-23(24-16-41-22(3)42-17-24)12-27(35)44-32(50)7-5-4-6-10-52-19-36/h4,6,8-9,11-12,16-17,28,31H,5,7,10,13-15,18-19H2,1-3H3,(H,44,50)/b6-4-/t28-,31+,36-/m0/s1. The average Bonchev–Trinajstić information content (AvgIpc) is 3.49. The molecule has 1 N–H and O–H groups in total. The van der Waals surface area contributed by atoms with E-state index in [1.54, 1.807) is 38.4 Å². The van der Waals surface area contributed by atoms with Crippen LogP contribution in [0.2, 0.25) is 0 Å². The highest BCUT2D eigenvalue weighted by Gasteiger charge is 2.67. The van der Waals surface area contributed by atoms with E-state index < -0.39 is 41.4 Å². The third-order valence-electron chi connectivity index (χ3n) is 10.1. The number of amides is 2. The molecule has 3 atom stereocenters. The van der Waals surface area contributed by atoms with Gasteiger partial charge in [0.25, 0.3) is 0 Å². The van der Waals surface area contributed by atoms with Crippen LogP contribution in [0.15, 0.2) is 48.8 Å². The molecule has 1 aliphatic carbocycles. The van der Waals surface area contributed by atoms with Crippen LogP contribution in [0.25, 0.3) is 22.0 Å². The Kier molecular flexibility index (Phi) is 9.01. The molecule has 1 saturated heterocycles. The number of pyridine rings is 1. The number of piperidine rings is 1. The lowest BCUT2D eigenvalue weighted by atomic mass is 9.95. The number of anilines is 1. The largest absolute Gasteiger partial charge is 0.433 e. The summed E-state index contributed by atoms with van der Waals surface area (Å²) in [6.45, 7) is 4.86. The van der Waals surface area contributed by atoms with Gasteiger partial charge in [0.2, 0.25) is 11.8 Å². The van der Waals surface area contributed by atoms with Gasteiger partial charge in [-0.2, -0.15) is 18.3 Å². The fourth-order valence-corrected chi connectivity index (χ4v) is 7.31. The molecule has 15 heteroatoms. The second-order valence-electron chi connectivity index (χ2n) is 13.8. The minimum absolute atomic E-state index is 0.00275. The van der Waals surface area contributed by atoms with E-state index in [9.17, 15) is 32.3 Å². The van der Waals surface area contributed by atoms with Gasteiger partial charge in [0.1, 0.15) is 23.8 Å². The predicted octanol–water partition coefficient (Wildman–Crippen LogP) is 5.20. The monoisotopic (exact) mass is 715 g/mol. The number of benzene rings is 1. The van der Waals surface area contributed by atoms with Crippen LogP contribution in [0.1, 0.15) is 65.9 Å². The van der Waals surface area contributed by atoms with Crippen molar-refractivity contribution in [3.63, 3.8) is 0 Å². The van der Waals surface area contributed by atoms with E-state index in [-0.39, 0.29) is 61.7 Å². The fraction of sp³-hybridized carbons (Fsp3) is 0.405. The van der Waals surface area contributed by atoms with Crippen molar-refractivity contribution >= 4 is 40.0 Å². The van der Waals surface area contributed by atoms with Gasteiger partial charge in [-0.15, -0.1) is 0 Å². The molecule has 3 aromatic heterocycles. The van der Waals surface area contributed by atoms with Crippen LogP contribution in [0.4, 0.5) is 18.9 Å². The summed E-state index contributed by atoms with van der Waals surface area (Å²) >= 11 is 0. The Labute approximate surface area is 296 Å². The molecule has 3 aliphatic rings. The lowest BCUT2D eigenvalue weighted by Crippen LogP contribution is -2.45. The summed E-state index contributed by atoms with van der Waals surface area (Å²) in [6, 6.07) is 4.34. The van der Waals surface area contributed by atoms with Gasteiger partial charge in [-0.3, -0.25) is 23.9 Å². The van der Waals surface area contributed by atoms with E-state index in [0.29, 0.717) is 51.9 Å². The average molecular weight is 716 g/mol. The molecule has 1 saturated carbocycles. The first-order chi connectivity index (χ1) is 24.7. The number of hydrogen-bond acceptors (Lipinski definition) is 9. The molecule has 7 rings (SSSR count). The van der Waals surface area contributed by atoms with E-state index >= 15 is 0 Å². The molecule has 0 radical (unpaired) electrons. The summed E-state index contributed by atoms with van der Waals surface area (Å²) in [5.74, 6) is -1.000. The van der Waals surface area contributed by atoms with Crippen molar-refractivity contribution < 1.29 is 37.1 Å². The molecule has 2 bridgehead atoms. The summed E-state index contributed by atoms with van der Waals surface area (Å²) in [4.78, 5) is 68.4. The van der Waals surface area contributed by atoms with Crippen molar-refractivity contribution in [1.82, 2.24) is 29.6 Å². The van der Waals surface area contributed by atoms with E-state index in [4.69, 9.17) is 4.74 Å². The van der Waals surface area contributed by atoms with E-state index in [1.165, 1.54) is 22.6 Å². The van der Waals surface area contributed by atoms with Gasteiger partial charge in [0.15, 0.2) is 11.6 Å². The normalized spacial score (nSPS) is 22.8. The van der Waals surface area contributed by atoms with Gasteiger partial charge in [-0.1, -0.05) is 18.2 Å². The van der Waals surface area contributed by atoms with E-state index in [0.717, 1.165) is 6.07 Å². The number of alkyl halides is 3. The molecular weight excluding hydrogens is 679 g/mol. The van der Waals surface area contributed by atoms with Crippen molar-refractivity contribution in [2.45, 2.75) is 77.7 Å². The number of ketones is 2. The number of aromatic nitrogens is 5. The lowest BCUT2D eigenvalue weighted by Gasteiger charge is -2.27. The number of nitrogens with one attached hydrogen (secondary N) is 1. The summed E-state index contributed by atoms with van der Waals surface area (Å²) in [6.07, 6.45) is 3.31. The number of aryl methyl sites for hydroxylation is 2. The third-order valence-corrected chi connectivity index (χ3v) is 10.1. The molecule has 4 aromatic rings. The molecular formula is C37H36F3N7O5. The molecule has 52 heavy (non-hydrogen) atoms. The highest BCUT2D eigenvalue weighted by molar-refractivity contribution is 6.11. The first-order valence-corrected chi connectivity index (χ1v) is 17.0. The van der Waals surface area contributed by atoms with Gasteiger partial charge in [0.05, 0.1) is 42.6 Å². The topological polar surface area (TPSA) is 149 Å². The van der Waals surface area contributed by atoms with Crippen LogP contribution in [-0.4, -0.2) is 78.3 Å². The number of ether oxygens (including phenoxy) is 1. The Morgan fingerprint density at radius 3 is 2.56 bits per heavy atom. The Hall–Kier alpha value is -5.31. The molecule has 2 fully saturated rings. The summed E-state index contributed by atoms with van der Waals surface area (Å²) in [5.41, 5.74) is 0.835. The smallest absolute Gasteiger partial charge is 0.377 e. The fourth-order valence-electron chi connectivity index (χ4n) is 7.31. The predicted molar refractivity (Wildman–Crippen MR) is 182 cm³/mol. The minimum Gasteiger partial charge on any atom is -0.377 e. The second-order valence-corrected chi connectivity index (χ2v) is 13.8. The Bertz CT molecular complexity index is 2150. The van der Waals surface area contributed by atoms with Crippen LogP contribution >= 0.6 is 0 Å². The number of rotatable bonds is 5. The number of halogens is 3. The third kappa shape index (κ3) is 6.72. The SMILES string of the molecule is CC(=O)c1nn2c3c(cc(-c4cnc(C)nc4)cc13)NC(=O)CC/C=C\COC[C@@]13C[C@@H](C(=O)Cc4nc(C(F)(F)F)ccc4C)N(C(=O)C2)[C@@H]1C3. The van der Waals surface area contributed by atoms with E-state index in [1.807, 2.05) is 12.2 Å². The maximum absolute atomic E-state index is 14.4. The van der Waals surface area contributed by atoms with Gasteiger partial charge >= 0.3 is 6.18 Å². The van der Waals surface area contributed by atoms with Crippen LogP contribution in [-0.2, 0) is 38.3 Å². The van der Waals surface area contributed by atoms with Crippen LogP contribution in [0.3, 0.4) is 0 Å². The van der Waals surface area contributed by atoms with Crippen molar-refractivity contribution in [1.29, 1.82) is 0 Å². The van der Waals surface area contributed by atoms with Gasteiger partial charge in [-0.25, -0.2) is 15.0 Å². The van der Waals surface area contributed by atoms with Crippen LogP contribution in [0, 0.1) is 19.3 Å². The zero-order chi connectivity index (χ0) is 36.9. The van der Waals surface area contributed by atoms with Crippen molar-refractivity contribution in [3.05, 3.63) is 77.3 Å². The highest BCUT2D eigenvalue weighted by Crippen LogP contribution is 2.60. The van der Waals surface area contributed by atoms with Crippen molar-refractivity contribution in [2.75, 3.05) is 18.5 Å². The van der Waals surface area contributed by atoms with Gasteiger partial charge in [0, 0.05) is 48.1 Å². The number of hydrogen-bond donors (Lipinski definition) is 1. The molecule has 2 amide bonds. The first-order valence-electron chi connectivity index (χ1n) is 17.0. The molecule has 270 valence electrons. The highest BCUT2D eigenvalue weighted by atomic mass is 19.4. The molecule has 5 heterocycles. The summed E-state index contributed by atoms with van der Waals surface area (Å²) in [7, 11) is 0. The molecule has 1 aromatic carbocycles. The maximum Gasteiger partial charge on any atom is 0.433 e. The summed E-state index contributed by atoms with van der Waals surface area (Å²) in [5, 5.41) is 7.92. The Morgan fingerprint density at radius 2 is 1.83 bits per heavy atom. The van der Waals surface area contributed by atoms with Crippen LogP contribution < -0.4 is 5.32 Å². The Morgan fingerprint density at radius 1 is 1.06 bits per heavy atom. The quantitative estimate of drug-likeness (QED) is 0.217. The minimum atomic E-state index is -4.68. The zero-order valence-corrected chi connectivity index (χ0v) is 28.8. The van der Waals surface area contributed by atoms with Crippen LogP contribution in [0.5, 0.6) is 0 Å². The summed E-state index contributed by atoms with van der Waals surface area (Å²) < 4.78 is 47.8. The molecule has 2 aliphatic heterocycles.